The molecule has 0 aliphatic carbocycles. The van der Waals surface area contributed by atoms with Crippen molar-refractivity contribution in [2.75, 3.05) is 5.75 Å². The highest BCUT2D eigenvalue weighted by Crippen LogP contribution is 2.29. The first-order valence-electron chi connectivity index (χ1n) is 4.04. The second-order valence-electron chi connectivity index (χ2n) is 3.67. The first-order chi connectivity index (χ1) is 5.97. The van der Waals surface area contributed by atoms with Gasteiger partial charge in [0.15, 0.2) is 0 Å². The minimum atomic E-state index is -0.225. The van der Waals surface area contributed by atoms with Crippen LogP contribution in [0, 0.1) is 5.82 Å². The minimum absolute atomic E-state index is 0.165. The van der Waals surface area contributed by atoms with E-state index in [9.17, 15) is 4.39 Å². The van der Waals surface area contributed by atoms with Gasteiger partial charge < -0.3 is 0 Å². The van der Waals surface area contributed by atoms with E-state index in [2.05, 4.69) is 28.6 Å². The van der Waals surface area contributed by atoms with Crippen molar-refractivity contribution in [3.63, 3.8) is 0 Å². The number of hydrogen-bond acceptors (Lipinski definition) is 1. The molecular weight excluding hydrogens is 251 g/mol. The molecule has 0 bridgehead atoms. The Kier molecular flexibility index (Phi) is 3.41. The molecule has 0 saturated carbocycles. The first kappa shape index (κ1) is 11.1. The summed E-state index contributed by atoms with van der Waals surface area (Å²) in [6.45, 7) is 3.95. The van der Waals surface area contributed by atoms with Crippen LogP contribution in [0.15, 0.2) is 22.7 Å². The van der Waals surface area contributed by atoms with Crippen molar-refractivity contribution in [1.82, 2.24) is 0 Å². The Labute approximate surface area is 92.1 Å². The summed E-state index contributed by atoms with van der Waals surface area (Å²) in [6, 6.07) is 4.99. The number of halogens is 2. The van der Waals surface area contributed by atoms with E-state index in [0.717, 1.165) is 4.47 Å². The van der Waals surface area contributed by atoms with Gasteiger partial charge in [0.1, 0.15) is 5.82 Å². The first-order valence-corrected chi connectivity index (χ1v) is 5.46. The van der Waals surface area contributed by atoms with Gasteiger partial charge in [-0.2, -0.15) is 12.6 Å². The monoisotopic (exact) mass is 262 g/mol. The summed E-state index contributed by atoms with van der Waals surface area (Å²) in [7, 11) is 0. The molecule has 0 aliphatic rings. The molecule has 0 spiro atoms. The Balaban J connectivity index is 3.20. The van der Waals surface area contributed by atoms with E-state index in [1.54, 1.807) is 6.07 Å². The van der Waals surface area contributed by atoms with Crippen LogP contribution in [0.5, 0.6) is 0 Å². The molecule has 0 aromatic heterocycles. The SMILES string of the molecule is CC(C)(CS)c1cc(Br)ccc1F. The summed E-state index contributed by atoms with van der Waals surface area (Å²) in [5.74, 6) is 0.461. The molecule has 1 rings (SSSR count). The molecule has 0 amide bonds. The highest BCUT2D eigenvalue weighted by atomic mass is 79.9. The minimum Gasteiger partial charge on any atom is -0.207 e. The van der Waals surface area contributed by atoms with Crippen LogP contribution in [-0.4, -0.2) is 5.75 Å². The van der Waals surface area contributed by atoms with Gasteiger partial charge in [0.2, 0.25) is 0 Å². The van der Waals surface area contributed by atoms with Gasteiger partial charge in [-0.3, -0.25) is 0 Å². The Bertz CT molecular complexity index is 310. The quantitative estimate of drug-likeness (QED) is 0.771. The van der Waals surface area contributed by atoms with Crippen molar-refractivity contribution in [3.8, 4) is 0 Å². The zero-order valence-corrected chi connectivity index (χ0v) is 10.1. The van der Waals surface area contributed by atoms with Gasteiger partial charge in [-0.15, -0.1) is 0 Å². The van der Waals surface area contributed by atoms with E-state index in [1.165, 1.54) is 6.07 Å². The average molecular weight is 263 g/mol. The summed E-state index contributed by atoms with van der Waals surface area (Å²) < 4.78 is 14.3. The molecule has 0 fully saturated rings. The van der Waals surface area contributed by atoms with E-state index in [4.69, 9.17) is 0 Å². The molecule has 0 N–H and O–H groups in total. The normalized spacial score (nSPS) is 11.8. The standard InChI is InChI=1S/C10H12BrFS/c1-10(2,6-13)8-5-7(11)3-4-9(8)12/h3-5,13H,6H2,1-2H3. The molecule has 3 heteroatoms. The van der Waals surface area contributed by atoms with Gasteiger partial charge in [0.25, 0.3) is 0 Å². The number of thiol groups is 1. The Morgan fingerprint density at radius 2 is 2.08 bits per heavy atom. The molecule has 72 valence electrons. The van der Waals surface area contributed by atoms with Crippen molar-refractivity contribution >= 4 is 28.6 Å². The predicted molar refractivity (Wildman–Crippen MR) is 61.0 cm³/mol. The third-order valence-electron chi connectivity index (χ3n) is 2.05. The second-order valence-corrected chi connectivity index (χ2v) is 4.90. The smallest absolute Gasteiger partial charge is 0.127 e. The lowest BCUT2D eigenvalue weighted by atomic mass is 9.86. The van der Waals surface area contributed by atoms with Crippen molar-refractivity contribution in [2.24, 2.45) is 0 Å². The molecule has 0 heterocycles. The third kappa shape index (κ3) is 2.47. The van der Waals surface area contributed by atoms with Gasteiger partial charge in [0, 0.05) is 9.89 Å². The summed E-state index contributed by atoms with van der Waals surface area (Å²) in [5.41, 5.74) is 0.480. The molecule has 0 nitrogen and oxygen atoms in total. The molecule has 1 aromatic rings. The van der Waals surface area contributed by atoms with E-state index in [1.807, 2.05) is 19.9 Å². The Morgan fingerprint density at radius 3 is 2.62 bits per heavy atom. The molecule has 0 saturated heterocycles. The van der Waals surface area contributed by atoms with Gasteiger partial charge in [-0.05, 0) is 29.5 Å². The van der Waals surface area contributed by atoms with E-state index in [-0.39, 0.29) is 11.2 Å². The predicted octanol–water partition coefficient (Wildman–Crippen LogP) is 3.80. The maximum Gasteiger partial charge on any atom is 0.127 e. The Morgan fingerprint density at radius 1 is 1.46 bits per heavy atom. The zero-order chi connectivity index (χ0) is 10.1. The molecule has 1 aromatic carbocycles. The summed E-state index contributed by atoms with van der Waals surface area (Å²) >= 11 is 7.54. The number of hydrogen-bond donors (Lipinski definition) is 1. The lowest BCUT2D eigenvalue weighted by Crippen LogP contribution is -2.20. The molecule has 0 unspecified atom stereocenters. The third-order valence-corrected chi connectivity index (χ3v) is 3.34. The van der Waals surface area contributed by atoms with Crippen LogP contribution >= 0.6 is 28.6 Å². The second kappa shape index (κ2) is 4.01. The molecule has 0 aliphatic heterocycles. The van der Waals surface area contributed by atoms with Crippen LogP contribution in [0.25, 0.3) is 0 Å². The number of benzene rings is 1. The maximum atomic E-state index is 13.4. The van der Waals surface area contributed by atoms with Gasteiger partial charge in [0.05, 0.1) is 0 Å². The van der Waals surface area contributed by atoms with E-state index >= 15 is 0 Å². The van der Waals surface area contributed by atoms with Gasteiger partial charge >= 0.3 is 0 Å². The maximum absolute atomic E-state index is 13.4. The fraction of sp³-hybridized carbons (Fsp3) is 0.400. The highest BCUT2D eigenvalue weighted by molar-refractivity contribution is 9.10. The summed E-state index contributed by atoms with van der Waals surface area (Å²) in [6.07, 6.45) is 0. The lowest BCUT2D eigenvalue weighted by molar-refractivity contribution is 0.530. The van der Waals surface area contributed by atoms with Crippen molar-refractivity contribution in [1.29, 1.82) is 0 Å². The topological polar surface area (TPSA) is 0 Å². The highest BCUT2D eigenvalue weighted by Gasteiger charge is 2.22. The number of rotatable bonds is 2. The van der Waals surface area contributed by atoms with Gasteiger partial charge in [-0.1, -0.05) is 29.8 Å². The summed E-state index contributed by atoms with van der Waals surface area (Å²) in [5, 5.41) is 0. The van der Waals surface area contributed by atoms with Crippen LogP contribution in [0.2, 0.25) is 0 Å². The van der Waals surface area contributed by atoms with Crippen LogP contribution in [0.4, 0.5) is 4.39 Å². The summed E-state index contributed by atoms with van der Waals surface area (Å²) in [4.78, 5) is 0. The fourth-order valence-electron chi connectivity index (χ4n) is 1.10. The molecular formula is C10H12BrFS. The largest absolute Gasteiger partial charge is 0.207 e. The molecule has 0 radical (unpaired) electrons. The van der Waals surface area contributed by atoms with Crippen LogP contribution in [-0.2, 0) is 5.41 Å². The van der Waals surface area contributed by atoms with Crippen molar-refractivity contribution < 1.29 is 4.39 Å². The Hall–Kier alpha value is -0.0200. The zero-order valence-electron chi connectivity index (χ0n) is 7.64. The van der Waals surface area contributed by atoms with Gasteiger partial charge in [-0.25, -0.2) is 4.39 Å². The van der Waals surface area contributed by atoms with E-state index in [0.29, 0.717) is 11.3 Å². The van der Waals surface area contributed by atoms with Crippen molar-refractivity contribution in [2.45, 2.75) is 19.3 Å². The molecule has 0 atom stereocenters. The van der Waals surface area contributed by atoms with Crippen LogP contribution < -0.4 is 0 Å². The molecule has 13 heavy (non-hydrogen) atoms. The van der Waals surface area contributed by atoms with Crippen LogP contribution in [0.1, 0.15) is 19.4 Å². The fourth-order valence-corrected chi connectivity index (χ4v) is 1.63. The lowest BCUT2D eigenvalue weighted by Gasteiger charge is -2.23. The van der Waals surface area contributed by atoms with E-state index < -0.39 is 0 Å². The van der Waals surface area contributed by atoms with Crippen molar-refractivity contribution in [3.05, 3.63) is 34.1 Å². The average Bonchev–Trinajstić information content (AvgIpc) is 2.09. The van der Waals surface area contributed by atoms with Crippen LogP contribution in [0.3, 0.4) is 0 Å².